The van der Waals surface area contributed by atoms with Crippen LogP contribution >= 0.6 is 0 Å². The van der Waals surface area contributed by atoms with Crippen molar-refractivity contribution in [1.29, 1.82) is 0 Å². The molecule has 0 atom stereocenters. The predicted octanol–water partition coefficient (Wildman–Crippen LogP) is -0.646. The second-order valence-electron chi connectivity index (χ2n) is 2.93. The number of hydrogen-bond acceptors (Lipinski definition) is 5. The van der Waals surface area contributed by atoms with Gasteiger partial charge in [0, 0.05) is 13.2 Å². The van der Waals surface area contributed by atoms with E-state index in [1.807, 2.05) is 0 Å². The second-order valence-corrected chi connectivity index (χ2v) is 4.68. The molecule has 0 radical (unpaired) electrons. The first-order chi connectivity index (χ1) is 7.80. The van der Waals surface area contributed by atoms with Gasteiger partial charge in [0.25, 0.3) is 5.91 Å². The summed E-state index contributed by atoms with van der Waals surface area (Å²) in [6, 6.07) is 0. The van der Waals surface area contributed by atoms with Gasteiger partial charge in [-0.15, -0.1) is 0 Å². The third-order valence-electron chi connectivity index (χ3n) is 1.39. The molecule has 0 heterocycles. The lowest BCUT2D eigenvalue weighted by Crippen LogP contribution is -2.30. The maximum absolute atomic E-state index is 11.0. The Bertz CT molecular complexity index is 439. The van der Waals surface area contributed by atoms with Crippen LogP contribution in [0.1, 0.15) is 0 Å². The number of carbonyl (C=O) groups excluding carboxylic acids is 1. The molecular formula is C9H15N3O4S. The monoisotopic (exact) mass is 261 g/mol. The summed E-state index contributed by atoms with van der Waals surface area (Å²) in [6.07, 6.45) is 2.11. The first kappa shape index (κ1) is 15.2. The molecular weight excluding hydrogens is 246 g/mol. The van der Waals surface area contributed by atoms with Gasteiger partial charge in [-0.05, 0) is 0 Å². The van der Waals surface area contributed by atoms with E-state index in [4.69, 9.17) is 4.74 Å². The van der Waals surface area contributed by atoms with E-state index >= 15 is 0 Å². The summed E-state index contributed by atoms with van der Waals surface area (Å²) >= 11 is 0. The Balaban J connectivity index is 4.65. The van der Waals surface area contributed by atoms with Crippen LogP contribution in [0.5, 0.6) is 0 Å². The lowest BCUT2D eigenvalue weighted by Gasteiger charge is -2.11. The average Bonchev–Trinajstić information content (AvgIpc) is 2.20. The zero-order valence-corrected chi connectivity index (χ0v) is 10.5. The number of nitrogens with one attached hydrogen (secondary N) is 2. The van der Waals surface area contributed by atoms with Gasteiger partial charge in [-0.3, -0.25) is 9.52 Å². The summed E-state index contributed by atoms with van der Waals surface area (Å²) in [7, 11) is -2.03. The number of hydrogen-bond donors (Lipinski definition) is 2. The molecule has 0 aromatic rings. The van der Waals surface area contributed by atoms with E-state index in [0.29, 0.717) is 0 Å². The molecule has 0 unspecified atom stereocenters. The summed E-state index contributed by atoms with van der Waals surface area (Å²) in [6.45, 7) is 6.48. The van der Waals surface area contributed by atoms with E-state index in [9.17, 15) is 13.2 Å². The SMILES string of the molecule is C=CN=C(OCC(=O)NC)C(=C)NS(C)(=O)=O. The molecule has 0 aliphatic rings. The topological polar surface area (TPSA) is 96.9 Å². The van der Waals surface area contributed by atoms with Crippen LogP contribution in [0.15, 0.2) is 30.0 Å². The van der Waals surface area contributed by atoms with E-state index in [-0.39, 0.29) is 24.1 Å². The van der Waals surface area contributed by atoms with Crippen LogP contribution < -0.4 is 10.0 Å². The minimum atomic E-state index is -3.48. The van der Waals surface area contributed by atoms with Crippen molar-refractivity contribution in [2.45, 2.75) is 0 Å². The average molecular weight is 261 g/mol. The van der Waals surface area contributed by atoms with Gasteiger partial charge >= 0.3 is 0 Å². The Labute approximate surface area is 100 Å². The highest BCUT2D eigenvalue weighted by Gasteiger charge is 2.12. The summed E-state index contributed by atoms with van der Waals surface area (Å²) in [5, 5.41) is 2.34. The minimum Gasteiger partial charge on any atom is -0.466 e. The third kappa shape index (κ3) is 7.12. The third-order valence-corrected chi connectivity index (χ3v) is 2.01. The Morgan fingerprint density at radius 3 is 2.53 bits per heavy atom. The Morgan fingerprint density at radius 1 is 1.53 bits per heavy atom. The highest BCUT2D eigenvalue weighted by molar-refractivity contribution is 7.88. The van der Waals surface area contributed by atoms with Crippen LogP contribution in [0.25, 0.3) is 0 Å². The van der Waals surface area contributed by atoms with Gasteiger partial charge in [0.1, 0.15) is 5.70 Å². The van der Waals surface area contributed by atoms with Crippen LogP contribution in [0.4, 0.5) is 0 Å². The molecule has 2 N–H and O–H groups in total. The van der Waals surface area contributed by atoms with E-state index in [0.717, 1.165) is 12.5 Å². The molecule has 0 aromatic heterocycles. The van der Waals surface area contributed by atoms with E-state index in [2.05, 4.69) is 28.2 Å². The van der Waals surface area contributed by atoms with Gasteiger partial charge in [-0.1, -0.05) is 13.2 Å². The standard InChI is InChI=1S/C9H15N3O4S/c1-5-11-9(16-6-8(13)10-3)7(2)12-17(4,14)15/h5,12H,1-2,6H2,3-4H3,(H,10,13). The first-order valence-electron chi connectivity index (χ1n) is 4.49. The fraction of sp³-hybridized carbons (Fsp3) is 0.333. The number of aliphatic imine (C=N–C) groups is 1. The molecule has 0 aliphatic carbocycles. The number of likely N-dealkylation sites (N-methyl/N-ethyl adjacent to an activating group) is 1. The van der Waals surface area contributed by atoms with Crippen LogP contribution in [0.2, 0.25) is 0 Å². The van der Waals surface area contributed by atoms with E-state index < -0.39 is 10.0 Å². The molecule has 0 bridgehead atoms. The fourth-order valence-corrected chi connectivity index (χ4v) is 1.29. The zero-order chi connectivity index (χ0) is 13.5. The largest absolute Gasteiger partial charge is 0.466 e. The van der Waals surface area contributed by atoms with Gasteiger partial charge in [0.05, 0.1) is 6.26 Å². The van der Waals surface area contributed by atoms with Crippen molar-refractivity contribution < 1.29 is 17.9 Å². The minimum absolute atomic E-state index is 0.0729. The number of amides is 1. The van der Waals surface area contributed by atoms with Gasteiger partial charge < -0.3 is 10.1 Å². The Morgan fingerprint density at radius 2 is 2.12 bits per heavy atom. The molecule has 0 rings (SSSR count). The quantitative estimate of drug-likeness (QED) is 0.490. The van der Waals surface area contributed by atoms with Gasteiger partial charge in [-0.25, -0.2) is 13.4 Å². The fourth-order valence-electron chi connectivity index (χ4n) is 0.759. The lowest BCUT2D eigenvalue weighted by atomic mass is 10.5. The number of nitrogens with zero attached hydrogens (tertiary/aromatic N) is 1. The van der Waals surface area contributed by atoms with Gasteiger partial charge in [0.15, 0.2) is 6.61 Å². The molecule has 96 valence electrons. The number of rotatable bonds is 6. The molecule has 0 aliphatic heterocycles. The summed E-state index contributed by atoms with van der Waals surface area (Å²) in [5.41, 5.74) is -0.0729. The molecule has 1 amide bonds. The maximum Gasteiger partial charge on any atom is 0.257 e. The first-order valence-corrected chi connectivity index (χ1v) is 6.38. The van der Waals surface area contributed by atoms with Gasteiger partial charge in [0.2, 0.25) is 15.9 Å². The van der Waals surface area contributed by atoms with Gasteiger partial charge in [-0.2, -0.15) is 0 Å². The molecule has 7 nitrogen and oxygen atoms in total. The molecule has 0 saturated carbocycles. The molecule has 0 fully saturated rings. The van der Waals surface area contributed by atoms with Crippen molar-refractivity contribution in [2.24, 2.45) is 4.99 Å². The van der Waals surface area contributed by atoms with Crippen LogP contribution in [0, 0.1) is 0 Å². The maximum atomic E-state index is 11.0. The lowest BCUT2D eigenvalue weighted by molar-refractivity contribution is -0.122. The number of carbonyl (C=O) groups is 1. The molecule has 0 spiro atoms. The van der Waals surface area contributed by atoms with E-state index in [1.54, 1.807) is 0 Å². The smallest absolute Gasteiger partial charge is 0.257 e. The van der Waals surface area contributed by atoms with Crippen molar-refractivity contribution in [3.63, 3.8) is 0 Å². The zero-order valence-electron chi connectivity index (χ0n) is 9.69. The Hall–Kier alpha value is -1.83. The molecule has 17 heavy (non-hydrogen) atoms. The van der Waals surface area contributed by atoms with Crippen molar-refractivity contribution >= 4 is 21.8 Å². The van der Waals surface area contributed by atoms with Crippen molar-refractivity contribution in [3.8, 4) is 0 Å². The summed E-state index contributed by atoms with van der Waals surface area (Å²) in [4.78, 5) is 14.6. The highest BCUT2D eigenvalue weighted by atomic mass is 32.2. The molecule has 8 heteroatoms. The van der Waals surface area contributed by atoms with Crippen LogP contribution in [0.3, 0.4) is 0 Å². The van der Waals surface area contributed by atoms with Crippen LogP contribution in [-0.2, 0) is 19.6 Å². The Kier molecular flexibility index (Phi) is 5.97. The molecule has 0 aromatic carbocycles. The number of ether oxygens (including phenoxy) is 1. The van der Waals surface area contributed by atoms with Crippen molar-refractivity contribution in [2.75, 3.05) is 19.9 Å². The molecule has 0 saturated heterocycles. The summed E-state index contributed by atoms with van der Waals surface area (Å²) < 4.78 is 29.0. The van der Waals surface area contributed by atoms with Crippen LogP contribution in [-0.4, -0.2) is 40.1 Å². The second kappa shape index (κ2) is 6.69. The normalized spacial score (nSPS) is 11.5. The van der Waals surface area contributed by atoms with Crippen molar-refractivity contribution in [3.05, 3.63) is 25.1 Å². The van der Waals surface area contributed by atoms with Crippen molar-refractivity contribution in [1.82, 2.24) is 10.0 Å². The number of sulfonamides is 1. The predicted molar refractivity (Wildman–Crippen MR) is 64.8 cm³/mol. The highest BCUT2D eigenvalue weighted by Crippen LogP contribution is 1.97. The summed E-state index contributed by atoms with van der Waals surface area (Å²) in [5.74, 6) is -0.497. The van der Waals surface area contributed by atoms with E-state index in [1.165, 1.54) is 7.05 Å².